The van der Waals surface area contributed by atoms with Gasteiger partial charge in [-0.25, -0.2) is 0 Å². The van der Waals surface area contributed by atoms with Crippen LogP contribution in [0.15, 0.2) is 4.52 Å². The van der Waals surface area contributed by atoms with Crippen LogP contribution in [-0.4, -0.2) is 33.2 Å². The molecule has 0 aromatic carbocycles. The Labute approximate surface area is 130 Å². The summed E-state index contributed by atoms with van der Waals surface area (Å²) >= 11 is 0. The Bertz CT molecular complexity index is 519. The Kier molecular flexibility index (Phi) is 6.08. The second-order valence-corrected chi connectivity index (χ2v) is 6.60. The van der Waals surface area contributed by atoms with Gasteiger partial charge in [-0.05, 0) is 20.3 Å². The Morgan fingerprint density at radius 2 is 1.95 bits per heavy atom. The molecule has 1 amide bonds. The van der Waals surface area contributed by atoms with Crippen molar-refractivity contribution in [1.29, 1.82) is 0 Å². The lowest BCUT2D eigenvalue weighted by Gasteiger charge is -2.17. The van der Waals surface area contributed by atoms with Gasteiger partial charge in [0.25, 0.3) is 0 Å². The summed E-state index contributed by atoms with van der Waals surface area (Å²) in [4.78, 5) is 26.9. The van der Waals surface area contributed by atoms with E-state index in [1.54, 1.807) is 13.8 Å². The lowest BCUT2D eigenvalue weighted by Crippen LogP contribution is -2.39. The maximum Gasteiger partial charge on any atom is 0.308 e. The first-order valence-electron chi connectivity index (χ1n) is 7.46. The summed E-state index contributed by atoms with van der Waals surface area (Å²) in [6.07, 6.45) is 1.40. The Hall–Kier alpha value is -1.92. The van der Waals surface area contributed by atoms with Crippen LogP contribution in [0.25, 0.3) is 0 Å². The third-order valence-corrected chi connectivity index (χ3v) is 3.46. The fourth-order valence-electron chi connectivity index (χ4n) is 1.73. The SMILES string of the molecule is CC(NC(=O)CCCc1nc(C(C)(C)C)no1)C(C)C(=O)O. The van der Waals surface area contributed by atoms with Crippen molar-refractivity contribution in [3.63, 3.8) is 0 Å². The highest BCUT2D eigenvalue weighted by atomic mass is 16.5. The second-order valence-electron chi connectivity index (χ2n) is 6.60. The minimum Gasteiger partial charge on any atom is -0.481 e. The van der Waals surface area contributed by atoms with Crippen LogP contribution < -0.4 is 5.32 Å². The first-order valence-corrected chi connectivity index (χ1v) is 7.46. The number of carboxylic acid groups (broad SMARTS) is 1. The topological polar surface area (TPSA) is 105 Å². The molecule has 0 bridgehead atoms. The average molecular weight is 311 g/mol. The Balaban J connectivity index is 2.36. The number of aliphatic carboxylic acids is 1. The van der Waals surface area contributed by atoms with Crippen molar-refractivity contribution in [2.75, 3.05) is 0 Å². The quantitative estimate of drug-likeness (QED) is 0.797. The summed E-state index contributed by atoms with van der Waals surface area (Å²) in [5.74, 6) is -0.542. The van der Waals surface area contributed by atoms with E-state index < -0.39 is 17.9 Å². The molecule has 0 radical (unpaired) electrons. The number of carbonyl (C=O) groups excluding carboxylic acids is 1. The van der Waals surface area contributed by atoms with Crippen molar-refractivity contribution in [1.82, 2.24) is 15.5 Å². The van der Waals surface area contributed by atoms with Crippen LogP contribution in [0, 0.1) is 5.92 Å². The third-order valence-electron chi connectivity index (χ3n) is 3.46. The molecule has 2 unspecified atom stereocenters. The molecule has 2 N–H and O–H groups in total. The molecular weight excluding hydrogens is 286 g/mol. The molecule has 2 atom stereocenters. The summed E-state index contributed by atoms with van der Waals surface area (Å²) in [5.41, 5.74) is -0.165. The van der Waals surface area contributed by atoms with Crippen LogP contribution in [0.1, 0.15) is 59.2 Å². The van der Waals surface area contributed by atoms with Crippen LogP contribution >= 0.6 is 0 Å². The largest absolute Gasteiger partial charge is 0.481 e. The van der Waals surface area contributed by atoms with Gasteiger partial charge in [0, 0.05) is 24.3 Å². The van der Waals surface area contributed by atoms with E-state index in [0.717, 1.165) is 0 Å². The molecular formula is C15H25N3O4. The van der Waals surface area contributed by atoms with E-state index in [9.17, 15) is 9.59 Å². The predicted molar refractivity (Wildman–Crippen MR) is 80.3 cm³/mol. The van der Waals surface area contributed by atoms with Gasteiger partial charge in [0.1, 0.15) is 0 Å². The van der Waals surface area contributed by atoms with E-state index in [1.807, 2.05) is 20.8 Å². The molecule has 0 aliphatic rings. The monoisotopic (exact) mass is 311 g/mol. The van der Waals surface area contributed by atoms with Gasteiger partial charge in [0.05, 0.1) is 5.92 Å². The second kappa shape index (κ2) is 7.38. The fraction of sp³-hybridized carbons (Fsp3) is 0.733. The lowest BCUT2D eigenvalue weighted by molar-refractivity contribution is -0.142. The number of amides is 1. The Morgan fingerprint density at radius 1 is 1.32 bits per heavy atom. The van der Waals surface area contributed by atoms with Crippen LogP contribution in [0.3, 0.4) is 0 Å². The minimum atomic E-state index is -0.923. The lowest BCUT2D eigenvalue weighted by atomic mass is 9.96. The molecule has 0 saturated carbocycles. The molecule has 0 aliphatic heterocycles. The van der Waals surface area contributed by atoms with Gasteiger partial charge in [-0.2, -0.15) is 4.98 Å². The van der Waals surface area contributed by atoms with Gasteiger partial charge < -0.3 is 14.9 Å². The molecule has 0 aliphatic carbocycles. The number of aryl methyl sites for hydroxylation is 1. The molecule has 1 aromatic rings. The van der Waals surface area contributed by atoms with E-state index in [1.165, 1.54) is 0 Å². The van der Waals surface area contributed by atoms with Crippen molar-refractivity contribution >= 4 is 11.9 Å². The van der Waals surface area contributed by atoms with Gasteiger partial charge in [0.15, 0.2) is 5.82 Å². The smallest absolute Gasteiger partial charge is 0.308 e. The summed E-state index contributed by atoms with van der Waals surface area (Å²) in [6.45, 7) is 9.25. The summed E-state index contributed by atoms with van der Waals surface area (Å²) in [7, 11) is 0. The maximum absolute atomic E-state index is 11.8. The van der Waals surface area contributed by atoms with Crippen LogP contribution in [-0.2, 0) is 21.4 Å². The highest BCUT2D eigenvalue weighted by Crippen LogP contribution is 2.18. The summed E-state index contributed by atoms with van der Waals surface area (Å²) in [6, 6.07) is -0.402. The van der Waals surface area contributed by atoms with Crippen LogP contribution in [0.5, 0.6) is 0 Å². The molecule has 124 valence electrons. The number of nitrogens with one attached hydrogen (secondary N) is 1. The Morgan fingerprint density at radius 3 is 2.45 bits per heavy atom. The van der Waals surface area contributed by atoms with Gasteiger partial charge in [-0.3, -0.25) is 9.59 Å². The zero-order chi connectivity index (χ0) is 16.9. The van der Waals surface area contributed by atoms with Crippen LogP contribution in [0.4, 0.5) is 0 Å². The van der Waals surface area contributed by atoms with Gasteiger partial charge >= 0.3 is 5.97 Å². The normalized spacial score (nSPS) is 14.4. The van der Waals surface area contributed by atoms with E-state index in [4.69, 9.17) is 9.63 Å². The van der Waals surface area contributed by atoms with E-state index in [-0.39, 0.29) is 11.3 Å². The van der Waals surface area contributed by atoms with Crippen molar-refractivity contribution < 1.29 is 19.2 Å². The number of aromatic nitrogens is 2. The molecule has 1 heterocycles. The molecule has 0 spiro atoms. The third kappa shape index (κ3) is 5.46. The van der Waals surface area contributed by atoms with Gasteiger partial charge in [-0.15, -0.1) is 0 Å². The number of hydrogen-bond donors (Lipinski definition) is 2. The number of carboxylic acids is 1. The van der Waals surface area contributed by atoms with Crippen LogP contribution in [0.2, 0.25) is 0 Å². The average Bonchev–Trinajstić information content (AvgIpc) is 2.86. The zero-order valence-corrected chi connectivity index (χ0v) is 13.8. The molecule has 7 nitrogen and oxygen atoms in total. The number of hydrogen-bond acceptors (Lipinski definition) is 5. The number of rotatable bonds is 7. The van der Waals surface area contributed by atoms with Crippen molar-refractivity contribution in [2.45, 2.75) is 65.3 Å². The summed E-state index contributed by atoms with van der Waals surface area (Å²) in [5, 5.41) is 15.5. The molecule has 22 heavy (non-hydrogen) atoms. The van der Waals surface area contributed by atoms with E-state index in [2.05, 4.69) is 15.5 Å². The highest BCUT2D eigenvalue weighted by Gasteiger charge is 2.22. The fourth-order valence-corrected chi connectivity index (χ4v) is 1.73. The maximum atomic E-state index is 11.8. The first-order chi connectivity index (χ1) is 10.1. The first kappa shape index (κ1) is 18.1. The van der Waals surface area contributed by atoms with Gasteiger partial charge in [0.2, 0.25) is 11.8 Å². The predicted octanol–water partition coefficient (Wildman–Crippen LogP) is 1.92. The standard InChI is InChI=1S/C15H25N3O4/c1-9(13(20)21)10(2)16-11(19)7-6-8-12-17-14(18-22-12)15(3,4)5/h9-10H,6-8H2,1-5H3,(H,16,19)(H,20,21). The molecule has 0 saturated heterocycles. The molecule has 1 aromatic heterocycles. The van der Waals surface area contributed by atoms with Crippen molar-refractivity contribution in [3.05, 3.63) is 11.7 Å². The molecule has 0 fully saturated rings. The van der Waals surface area contributed by atoms with Crippen molar-refractivity contribution in [3.8, 4) is 0 Å². The number of carbonyl (C=O) groups is 2. The summed E-state index contributed by atoms with van der Waals surface area (Å²) < 4.78 is 5.15. The van der Waals surface area contributed by atoms with E-state index >= 15 is 0 Å². The minimum absolute atomic E-state index is 0.165. The van der Waals surface area contributed by atoms with Crippen molar-refractivity contribution in [2.24, 2.45) is 5.92 Å². The molecule has 1 rings (SSSR count). The highest BCUT2D eigenvalue weighted by molar-refractivity contribution is 5.77. The van der Waals surface area contributed by atoms with Gasteiger partial charge in [-0.1, -0.05) is 25.9 Å². The number of nitrogens with zero attached hydrogens (tertiary/aromatic N) is 2. The zero-order valence-electron chi connectivity index (χ0n) is 13.8. The van der Waals surface area contributed by atoms with E-state index in [0.29, 0.717) is 31.0 Å². The molecule has 7 heteroatoms.